The van der Waals surface area contributed by atoms with Gasteiger partial charge >= 0.3 is 0 Å². The largest absolute Gasteiger partial charge is 0.387 e. The number of hydrogen-bond donors (Lipinski definition) is 3. The number of H-pyrrole nitrogens is 1. The maximum absolute atomic E-state index is 13.6. The lowest BCUT2D eigenvalue weighted by Crippen LogP contribution is -2.28. The van der Waals surface area contributed by atoms with E-state index in [0.717, 1.165) is 0 Å². The molecule has 3 aromatic rings. The van der Waals surface area contributed by atoms with Gasteiger partial charge in [0.05, 0.1) is 6.10 Å². The predicted octanol–water partition coefficient (Wildman–Crippen LogP) is 3.42. The summed E-state index contributed by atoms with van der Waals surface area (Å²) < 4.78 is 13.6. The molecule has 3 rings (SSSR count). The molecule has 0 saturated heterocycles. The molecule has 1 unspecified atom stereocenters. The molecule has 1 aromatic heterocycles. The third kappa shape index (κ3) is 3.36. The highest BCUT2D eigenvalue weighted by atomic mass is 35.5. The fraction of sp³-hybridized carbons (Fsp3) is 0.118. The lowest BCUT2D eigenvalue weighted by Gasteiger charge is -2.11. The van der Waals surface area contributed by atoms with E-state index in [1.165, 1.54) is 12.1 Å². The maximum atomic E-state index is 13.6. The maximum Gasteiger partial charge on any atom is 0.267 e. The Hall–Kier alpha value is -2.37. The molecule has 1 heterocycles. The van der Waals surface area contributed by atoms with E-state index in [0.29, 0.717) is 21.5 Å². The number of rotatable bonds is 4. The van der Waals surface area contributed by atoms with Crippen LogP contribution in [0.15, 0.2) is 48.5 Å². The Morgan fingerprint density at radius 2 is 2.00 bits per heavy atom. The number of benzene rings is 2. The van der Waals surface area contributed by atoms with Gasteiger partial charge in [0.25, 0.3) is 5.91 Å². The normalized spacial score (nSPS) is 12.3. The molecule has 23 heavy (non-hydrogen) atoms. The number of amides is 1. The van der Waals surface area contributed by atoms with Crippen LogP contribution < -0.4 is 5.32 Å². The van der Waals surface area contributed by atoms with Crippen molar-refractivity contribution in [2.75, 3.05) is 6.54 Å². The zero-order chi connectivity index (χ0) is 16.4. The minimum atomic E-state index is -0.850. The number of halogens is 2. The highest BCUT2D eigenvalue weighted by Gasteiger charge is 2.14. The number of aromatic amines is 1. The van der Waals surface area contributed by atoms with Crippen molar-refractivity contribution in [3.8, 4) is 0 Å². The van der Waals surface area contributed by atoms with Crippen molar-refractivity contribution >= 4 is 28.4 Å². The van der Waals surface area contributed by atoms with E-state index in [4.69, 9.17) is 11.6 Å². The van der Waals surface area contributed by atoms with Crippen LogP contribution in [0.2, 0.25) is 5.02 Å². The van der Waals surface area contributed by atoms with Crippen molar-refractivity contribution in [2.24, 2.45) is 0 Å². The van der Waals surface area contributed by atoms with Crippen molar-refractivity contribution in [3.63, 3.8) is 0 Å². The summed E-state index contributed by atoms with van der Waals surface area (Å²) >= 11 is 5.79. The Kier molecular flexibility index (Phi) is 4.32. The van der Waals surface area contributed by atoms with Gasteiger partial charge in [-0.05, 0) is 35.9 Å². The van der Waals surface area contributed by atoms with Crippen molar-refractivity contribution in [3.05, 3.63) is 70.6 Å². The Morgan fingerprint density at radius 3 is 2.70 bits per heavy atom. The molecule has 1 atom stereocenters. The van der Waals surface area contributed by atoms with Crippen molar-refractivity contribution in [1.29, 1.82) is 0 Å². The predicted molar refractivity (Wildman–Crippen MR) is 87.0 cm³/mol. The number of nitrogens with one attached hydrogen (secondary N) is 2. The summed E-state index contributed by atoms with van der Waals surface area (Å²) in [5.41, 5.74) is 1.44. The molecule has 0 aliphatic rings. The Bertz CT molecular complexity index is 845. The van der Waals surface area contributed by atoms with Crippen molar-refractivity contribution in [2.45, 2.75) is 6.10 Å². The molecule has 0 fully saturated rings. The van der Waals surface area contributed by atoms with Gasteiger partial charge in [-0.1, -0.05) is 29.8 Å². The van der Waals surface area contributed by atoms with Gasteiger partial charge < -0.3 is 15.4 Å². The molecule has 4 nitrogen and oxygen atoms in total. The van der Waals surface area contributed by atoms with E-state index < -0.39 is 12.0 Å². The van der Waals surface area contributed by atoms with Gasteiger partial charge in [0.15, 0.2) is 0 Å². The summed E-state index contributed by atoms with van der Waals surface area (Å²) in [5, 5.41) is 13.6. The Morgan fingerprint density at radius 1 is 1.26 bits per heavy atom. The second-order valence-electron chi connectivity index (χ2n) is 5.16. The average molecular weight is 333 g/mol. The lowest BCUT2D eigenvalue weighted by molar-refractivity contribution is 0.0912. The molecular formula is C17H14ClFN2O2. The minimum Gasteiger partial charge on any atom is -0.387 e. The van der Waals surface area contributed by atoms with Crippen LogP contribution in [0.4, 0.5) is 4.39 Å². The van der Waals surface area contributed by atoms with Gasteiger partial charge in [-0.2, -0.15) is 0 Å². The molecule has 118 valence electrons. The molecule has 2 aromatic carbocycles. The zero-order valence-electron chi connectivity index (χ0n) is 12.0. The first kappa shape index (κ1) is 15.5. The third-order valence-corrected chi connectivity index (χ3v) is 3.82. The smallest absolute Gasteiger partial charge is 0.267 e. The molecule has 0 saturated carbocycles. The number of hydrogen-bond acceptors (Lipinski definition) is 2. The quantitative estimate of drug-likeness (QED) is 0.685. The SMILES string of the molecule is O=C(NCC(O)c1ccc(Cl)cc1)c1cc2c(F)cccc2[nH]1. The number of carbonyl (C=O) groups is 1. The van der Waals surface area contributed by atoms with Crippen LogP contribution in [-0.4, -0.2) is 22.5 Å². The topological polar surface area (TPSA) is 65.1 Å². The van der Waals surface area contributed by atoms with Gasteiger partial charge in [0.1, 0.15) is 11.5 Å². The molecule has 6 heteroatoms. The average Bonchev–Trinajstić information content (AvgIpc) is 2.99. The first-order chi connectivity index (χ1) is 11.0. The van der Waals surface area contributed by atoms with Crippen molar-refractivity contribution < 1.29 is 14.3 Å². The fourth-order valence-corrected chi connectivity index (χ4v) is 2.45. The van der Waals surface area contributed by atoms with Gasteiger partial charge in [0, 0.05) is 22.5 Å². The van der Waals surface area contributed by atoms with Crippen LogP contribution in [0.3, 0.4) is 0 Å². The van der Waals surface area contributed by atoms with Crippen LogP contribution in [0.1, 0.15) is 22.2 Å². The second kappa shape index (κ2) is 6.40. The lowest BCUT2D eigenvalue weighted by atomic mass is 10.1. The van der Waals surface area contributed by atoms with E-state index >= 15 is 0 Å². The van der Waals surface area contributed by atoms with Crippen LogP contribution in [-0.2, 0) is 0 Å². The zero-order valence-corrected chi connectivity index (χ0v) is 12.8. The summed E-state index contributed by atoms with van der Waals surface area (Å²) in [6, 6.07) is 12.8. The highest BCUT2D eigenvalue weighted by molar-refractivity contribution is 6.30. The molecule has 1 amide bonds. The summed E-state index contributed by atoms with van der Waals surface area (Å²) in [4.78, 5) is 15.0. The molecule has 3 N–H and O–H groups in total. The fourth-order valence-electron chi connectivity index (χ4n) is 2.33. The summed E-state index contributed by atoms with van der Waals surface area (Å²) in [6.07, 6.45) is -0.850. The van der Waals surface area contributed by atoms with Gasteiger partial charge in [-0.15, -0.1) is 0 Å². The van der Waals surface area contributed by atoms with Crippen LogP contribution in [0, 0.1) is 5.82 Å². The van der Waals surface area contributed by atoms with E-state index in [-0.39, 0.29) is 18.1 Å². The number of fused-ring (bicyclic) bond motifs is 1. The number of carbonyl (C=O) groups excluding carboxylic acids is 1. The molecule has 0 aliphatic heterocycles. The highest BCUT2D eigenvalue weighted by Crippen LogP contribution is 2.19. The Labute approximate surface area is 136 Å². The van der Waals surface area contributed by atoms with Crippen LogP contribution in [0.25, 0.3) is 10.9 Å². The second-order valence-corrected chi connectivity index (χ2v) is 5.60. The monoisotopic (exact) mass is 332 g/mol. The van der Waals surface area contributed by atoms with Crippen LogP contribution in [0.5, 0.6) is 0 Å². The number of aliphatic hydroxyl groups excluding tert-OH is 1. The summed E-state index contributed by atoms with van der Waals surface area (Å²) in [6.45, 7) is 0.0400. The number of aliphatic hydroxyl groups is 1. The molecular weight excluding hydrogens is 319 g/mol. The standard InChI is InChI=1S/C17H14ClFN2O2/c18-11-6-4-10(5-7-11)16(22)9-20-17(23)15-8-12-13(19)2-1-3-14(12)21-15/h1-8,16,21-22H,9H2,(H,20,23). The van der Waals surface area contributed by atoms with E-state index in [9.17, 15) is 14.3 Å². The first-order valence-corrected chi connectivity index (χ1v) is 7.41. The minimum absolute atomic E-state index is 0.0400. The Balaban J connectivity index is 1.68. The third-order valence-electron chi connectivity index (χ3n) is 3.57. The molecule has 0 aliphatic carbocycles. The van der Waals surface area contributed by atoms with E-state index in [1.807, 2.05) is 0 Å². The molecule has 0 spiro atoms. The van der Waals surface area contributed by atoms with E-state index in [2.05, 4.69) is 10.3 Å². The summed E-state index contributed by atoms with van der Waals surface area (Å²) in [7, 11) is 0. The van der Waals surface area contributed by atoms with Gasteiger partial charge in [0.2, 0.25) is 0 Å². The van der Waals surface area contributed by atoms with E-state index in [1.54, 1.807) is 36.4 Å². The summed E-state index contributed by atoms with van der Waals surface area (Å²) in [5.74, 6) is -0.799. The molecule has 0 bridgehead atoms. The van der Waals surface area contributed by atoms with Gasteiger partial charge in [-0.3, -0.25) is 4.79 Å². The first-order valence-electron chi connectivity index (χ1n) is 7.03. The van der Waals surface area contributed by atoms with Crippen LogP contribution >= 0.6 is 11.6 Å². The molecule has 0 radical (unpaired) electrons. The number of aromatic nitrogens is 1. The van der Waals surface area contributed by atoms with Crippen molar-refractivity contribution in [1.82, 2.24) is 10.3 Å². The van der Waals surface area contributed by atoms with Gasteiger partial charge in [-0.25, -0.2) is 4.39 Å².